The highest BCUT2D eigenvalue weighted by Crippen LogP contribution is 2.44. The molecule has 0 aromatic heterocycles. The number of nitrogens with zero attached hydrogens (tertiary/aromatic N) is 1. The predicted molar refractivity (Wildman–Crippen MR) is 81.1 cm³/mol. The van der Waals surface area contributed by atoms with Crippen LogP contribution in [0, 0.1) is 11.8 Å². The minimum atomic E-state index is 0.369. The van der Waals surface area contributed by atoms with Crippen LogP contribution in [0.15, 0.2) is 0 Å². The molecule has 2 atom stereocenters. The van der Waals surface area contributed by atoms with E-state index in [2.05, 4.69) is 11.8 Å². The van der Waals surface area contributed by atoms with Crippen molar-refractivity contribution in [1.29, 1.82) is 0 Å². The summed E-state index contributed by atoms with van der Waals surface area (Å²) >= 11 is 0. The molecule has 0 spiro atoms. The SMILES string of the molecule is CCC1CCCC(CN)(N(CC2CC2)C2CC2)CC1. The van der Waals surface area contributed by atoms with E-state index in [1.165, 1.54) is 70.8 Å². The topological polar surface area (TPSA) is 29.3 Å². The van der Waals surface area contributed by atoms with Gasteiger partial charge in [0.15, 0.2) is 0 Å². The molecule has 0 radical (unpaired) electrons. The summed E-state index contributed by atoms with van der Waals surface area (Å²) in [5.74, 6) is 1.98. The summed E-state index contributed by atoms with van der Waals surface area (Å²) < 4.78 is 0. The molecule has 0 aromatic carbocycles. The zero-order valence-corrected chi connectivity index (χ0v) is 12.7. The third kappa shape index (κ3) is 3.16. The summed E-state index contributed by atoms with van der Waals surface area (Å²) in [7, 11) is 0. The van der Waals surface area contributed by atoms with Crippen molar-refractivity contribution in [2.24, 2.45) is 17.6 Å². The van der Waals surface area contributed by atoms with Gasteiger partial charge in [0.25, 0.3) is 0 Å². The first-order valence-corrected chi connectivity index (χ1v) is 8.74. The van der Waals surface area contributed by atoms with E-state index in [9.17, 15) is 0 Å². The second kappa shape index (κ2) is 5.73. The average Bonchev–Trinajstić information content (AvgIpc) is 3.32. The van der Waals surface area contributed by atoms with Crippen molar-refractivity contribution in [2.45, 2.75) is 82.7 Å². The van der Waals surface area contributed by atoms with E-state index in [1.807, 2.05) is 0 Å². The molecule has 2 heteroatoms. The van der Waals surface area contributed by atoms with E-state index in [0.29, 0.717) is 5.54 Å². The Balaban J connectivity index is 1.71. The van der Waals surface area contributed by atoms with Crippen LogP contribution in [0.2, 0.25) is 0 Å². The molecule has 0 amide bonds. The Hall–Kier alpha value is -0.0800. The Morgan fingerprint density at radius 2 is 1.79 bits per heavy atom. The normalized spacial score (nSPS) is 36.5. The van der Waals surface area contributed by atoms with Gasteiger partial charge in [0.05, 0.1) is 0 Å². The van der Waals surface area contributed by atoms with Gasteiger partial charge in [-0.1, -0.05) is 26.2 Å². The lowest BCUT2D eigenvalue weighted by atomic mass is 9.86. The monoisotopic (exact) mass is 264 g/mol. The summed E-state index contributed by atoms with van der Waals surface area (Å²) in [6.45, 7) is 4.62. The molecule has 2 unspecified atom stereocenters. The molecule has 0 saturated heterocycles. The molecule has 3 aliphatic rings. The third-order valence-electron chi connectivity index (χ3n) is 5.98. The Labute approximate surface area is 119 Å². The third-order valence-corrected chi connectivity index (χ3v) is 5.98. The van der Waals surface area contributed by atoms with Crippen molar-refractivity contribution in [1.82, 2.24) is 4.90 Å². The van der Waals surface area contributed by atoms with Crippen LogP contribution in [0.3, 0.4) is 0 Å². The van der Waals surface area contributed by atoms with Crippen LogP contribution in [0.1, 0.15) is 71.1 Å². The lowest BCUT2D eigenvalue weighted by molar-refractivity contribution is 0.0632. The van der Waals surface area contributed by atoms with Crippen LogP contribution in [0.25, 0.3) is 0 Å². The van der Waals surface area contributed by atoms with Gasteiger partial charge in [-0.15, -0.1) is 0 Å². The molecule has 110 valence electrons. The standard InChI is InChI=1S/C17H32N2/c1-2-14-4-3-10-17(13-18,11-9-14)19(16-7-8-16)12-15-5-6-15/h14-16H,2-13,18H2,1H3. The van der Waals surface area contributed by atoms with Gasteiger partial charge in [0.2, 0.25) is 0 Å². The quantitative estimate of drug-likeness (QED) is 0.743. The Kier molecular flexibility index (Phi) is 4.19. The van der Waals surface area contributed by atoms with Gasteiger partial charge in [-0.25, -0.2) is 0 Å². The summed E-state index contributed by atoms with van der Waals surface area (Å²) in [4.78, 5) is 2.89. The maximum Gasteiger partial charge on any atom is 0.0334 e. The molecule has 3 fully saturated rings. The van der Waals surface area contributed by atoms with E-state index >= 15 is 0 Å². The minimum Gasteiger partial charge on any atom is -0.329 e. The first-order chi connectivity index (χ1) is 9.27. The van der Waals surface area contributed by atoms with Crippen molar-refractivity contribution >= 4 is 0 Å². The van der Waals surface area contributed by atoms with Crippen LogP contribution in [-0.4, -0.2) is 29.6 Å². The molecule has 3 aliphatic carbocycles. The number of nitrogens with two attached hydrogens (primary N) is 1. The van der Waals surface area contributed by atoms with Gasteiger partial charge >= 0.3 is 0 Å². The van der Waals surface area contributed by atoms with Crippen molar-refractivity contribution in [3.05, 3.63) is 0 Å². The first-order valence-electron chi connectivity index (χ1n) is 8.74. The molecule has 2 nitrogen and oxygen atoms in total. The lowest BCUT2D eigenvalue weighted by Gasteiger charge is -2.44. The molecule has 3 saturated carbocycles. The molecule has 19 heavy (non-hydrogen) atoms. The van der Waals surface area contributed by atoms with Gasteiger partial charge in [-0.2, -0.15) is 0 Å². The van der Waals surface area contributed by atoms with E-state index in [-0.39, 0.29) is 0 Å². The summed E-state index contributed by atoms with van der Waals surface area (Å²) in [5.41, 5.74) is 6.68. The van der Waals surface area contributed by atoms with Crippen molar-refractivity contribution < 1.29 is 0 Å². The zero-order valence-electron chi connectivity index (χ0n) is 12.7. The van der Waals surface area contributed by atoms with Gasteiger partial charge < -0.3 is 5.73 Å². The Bertz CT molecular complexity index is 296. The Morgan fingerprint density at radius 3 is 2.37 bits per heavy atom. The van der Waals surface area contributed by atoms with Gasteiger partial charge in [-0.05, 0) is 56.8 Å². The van der Waals surface area contributed by atoms with Gasteiger partial charge in [-0.3, -0.25) is 4.90 Å². The lowest BCUT2D eigenvalue weighted by Crippen LogP contribution is -2.55. The fourth-order valence-corrected chi connectivity index (χ4v) is 4.17. The molecule has 0 aliphatic heterocycles. The highest BCUT2D eigenvalue weighted by molar-refractivity contribution is 5.02. The largest absolute Gasteiger partial charge is 0.329 e. The summed E-state index contributed by atoms with van der Waals surface area (Å²) in [6, 6.07) is 0.891. The smallest absolute Gasteiger partial charge is 0.0334 e. The van der Waals surface area contributed by atoms with Crippen molar-refractivity contribution in [3.63, 3.8) is 0 Å². The fourth-order valence-electron chi connectivity index (χ4n) is 4.17. The van der Waals surface area contributed by atoms with Crippen molar-refractivity contribution in [3.8, 4) is 0 Å². The van der Waals surface area contributed by atoms with Gasteiger partial charge in [0, 0.05) is 24.7 Å². The van der Waals surface area contributed by atoms with E-state index < -0.39 is 0 Å². The molecule has 3 rings (SSSR count). The van der Waals surface area contributed by atoms with Crippen LogP contribution in [-0.2, 0) is 0 Å². The van der Waals surface area contributed by atoms with Crippen molar-refractivity contribution in [2.75, 3.05) is 13.1 Å². The second-order valence-electron chi connectivity index (χ2n) is 7.46. The van der Waals surface area contributed by atoms with Gasteiger partial charge in [0.1, 0.15) is 0 Å². The molecule has 0 bridgehead atoms. The van der Waals surface area contributed by atoms with Crippen LogP contribution in [0.5, 0.6) is 0 Å². The molecular formula is C17H32N2. The Morgan fingerprint density at radius 1 is 1.00 bits per heavy atom. The summed E-state index contributed by atoms with van der Waals surface area (Å²) in [6.07, 6.45) is 14.2. The van der Waals surface area contributed by atoms with E-state index in [1.54, 1.807) is 0 Å². The van der Waals surface area contributed by atoms with Crippen LogP contribution >= 0.6 is 0 Å². The predicted octanol–water partition coefficient (Wildman–Crippen LogP) is 3.55. The van der Waals surface area contributed by atoms with Crippen LogP contribution in [0.4, 0.5) is 0 Å². The first kappa shape index (κ1) is 13.9. The fraction of sp³-hybridized carbons (Fsp3) is 1.00. The maximum atomic E-state index is 6.32. The minimum absolute atomic E-state index is 0.369. The molecular weight excluding hydrogens is 232 g/mol. The average molecular weight is 264 g/mol. The number of hydrogen-bond donors (Lipinski definition) is 1. The highest BCUT2D eigenvalue weighted by Gasteiger charge is 2.45. The molecule has 0 heterocycles. The van der Waals surface area contributed by atoms with E-state index in [4.69, 9.17) is 5.73 Å². The second-order valence-corrected chi connectivity index (χ2v) is 7.46. The zero-order chi connectivity index (χ0) is 13.3. The summed E-state index contributed by atoms with van der Waals surface area (Å²) in [5, 5.41) is 0. The maximum absolute atomic E-state index is 6.32. The number of hydrogen-bond acceptors (Lipinski definition) is 2. The molecule has 0 aromatic rings. The highest BCUT2D eigenvalue weighted by atomic mass is 15.3. The molecule has 2 N–H and O–H groups in total. The van der Waals surface area contributed by atoms with E-state index in [0.717, 1.165) is 24.4 Å². The number of rotatable bonds is 6. The van der Waals surface area contributed by atoms with Crippen LogP contribution < -0.4 is 5.73 Å².